The Labute approximate surface area is 183 Å². The predicted molar refractivity (Wildman–Crippen MR) is 114 cm³/mol. The molecular formula is C24H20F3N3O2. The molecule has 32 heavy (non-hydrogen) atoms. The summed E-state index contributed by atoms with van der Waals surface area (Å²) in [4.78, 5) is 16.5. The standard InChI is InChI=1S/C24H20F3N3O2/c1-16-29(20-10-7-18(15-28)21(14-20)24(25,26)27)22(32)23(11-3-12-23)30(16)19-8-5-17(6-9-19)4-2-13-31/h2,4-10,14,31H,1,3,11-13H2/b4-2+. The number of carbonyl (C=O) groups excluding carboxylic acids is 1. The fourth-order valence-electron chi connectivity index (χ4n) is 4.31. The number of benzene rings is 2. The van der Waals surface area contributed by atoms with Crippen molar-refractivity contribution in [3.05, 3.63) is 77.6 Å². The lowest BCUT2D eigenvalue weighted by atomic mass is 9.75. The lowest BCUT2D eigenvalue weighted by Crippen LogP contribution is -2.54. The van der Waals surface area contributed by atoms with Crippen LogP contribution in [0.25, 0.3) is 6.08 Å². The first-order valence-electron chi connectivity index (χ1n) is 10.1. The van der Waals surface area contributed by atoms with Crippen LogP contribution >= 0.6 is 0 Å². The van der Waals surface area contributed by atoms with Gasteiger partial charge in [0.05, 0.1) is 29.5 Å². The number of nitriles is 1. The quantitative estimate of drug-likeness (QED) is 0.741. The number of amides is 1. The van der Waals surface area contributed by atoms with Crippen LogP contribution in [-0.4, -0.2) is 23.2 Å². The number of rotatable bonds is 4. The zero-order valence-electron chi connectivity index (χ0n) is 17.1. The molecule has 0 unspecified atom stereocenters. The molecule has 2 fully saturated rings. The van der Waals surface area contributed by atoms with E-state index in [9.17, 15) is 18.0 Å². The minimum Gasteiger partial charge on any atom is -0.392 e. The molecule has 1 N–H and O–H groups in total. The average Bonchev–Trinajstić information content (AvgIpc) is 2.98. The van der Waals surface area contributed by atoms with Crippen LogP contribution in [-0.2, 0) is 11.0 Å². The van der Waals surface area contributed by atoms with E-state index in [1.54, 1.807) is 23.1 Å². The Morgan fingerprint density at radius 3 is 2.34 bits per heavy atom. The first kappa shape index (κ1) is 21.7. The fourth-order valence-corrected chi connectivity index (χ4v) is 4.31. The molecule has 2 aromatic carbocycles. The smallest absolute Gasteiger partial charge is 0.392 e. The number of aliphatic hydroxyl groups excluding tert-OH is 1. The van der Waals surface area contributed by atoms with Gasteiger partial charge in [-0.25, -0.2) is 0 Å². The molecule has 1 amide bonds. The van der Waals surface area contributed by atoms with Crippen LogP contribution in [0, 0.1) is 11.3 Å². The molecule has 1 saturated carbocycles. The molecule has 2 aliphatic rings. The van der Waals surface area contributed by atoms with Crippen molar-refractivity contribution < 1.29 is 23.1 Å². The van der Waals surface area contributed by atoms with Gasteiger partial charge in [-0.05, 0) is 55.2 Å². The van der Waals surface area contributed by atoms with Crippen LogP contribution in [0.5, 0.6) is 0 Å². The van der Waals surface area contributed by atoms with Crippen molar-refractivity contribution in [1.82, 2.24) is 0 Å². The summed E-state index contributed by atoms with van der Waals surface area (Å²) < 4.78 is 40.5. The highest BCUT2D eigenvalue weighted by atomic mass is 19.4. The lowest BCUT2D eigenvalue weighted by Gasteiger charge is -2.43. The molecule has 164 valence electrons. The molecule has 0 atom stereocenters. The van der Waals surface area contributed by atoms with Gasteiger partial charge in [-0.15, -0.1) is 0 Å². The summed E-state index contributed by atoms with van der Waals surface area (Å²) in [6.07, 6.45) is 0.588. The summed E-state index contributed by atoms with van der Waals surface area (Å²) in [5.74, 6) is -0.0537. The average molecular weight is 439 g/mol. The first-order chi connectivity index (χ1) is 15.2. The van der Waals surface area contributed by atoms with E-state index in [4.69, 9.17) is 10.4 Å². The zero-order valence-corrected chi connectivity index (χ0v) is 17.1. The third-order valence-electron chi connectivity index (χ3n) is 5.98. The number of halogens is 3. The maximum atomic E-state index is 13.5. The van der Waals surface area contributed by atoms with Crippen molar-refractivity contribution in [1.29, 1.82) is 5.26 Å². The largest absolute Gasteiger partial charge is 0.417 e. The number of nitrogens with zero attached hydrogens (tertiary/aromatic N) is 3. The summed E-state index contributed by atoms with van der Waals surface area (Å²) in [6.45, 7) is 3.96. The number of hydrogen-bond donors (Lipinski definition) is 1. The molecule has 2 aromatic rings. The molecule has 1 aliphatic carbocycles. The molecule has 8 heteroatoms. The Morgan fingerprint density at radius 2 is 1.81 bits per heavy atom. The van der Waals surface area contributed by atoms with E-state index in [1.165, 1.54) is 11.0 Å². The summed E-state index contributed by atoms with van der Waals surface area (Å²) in [5, 5.41) is 18.0. The van der Waals surface area contributed by atoms with Crippen molar-refractivity contribution in [2.75, 3.05) is 16.4 Å². The van der Waals surface area contributed by atoms with E-state index < -0.39 is 22.8 Å². The number of alkyl halides is 3. The molecule has 4 rings (SSSR count). The highest BCUT2D eigenvalue weighted by molar-refractivity contribution is 6.11. The van der Waals surface area contributed by atoms with Gasteiger partial charge in [-0.2, -0.15) is 18.4 Å². The molecule has 1 spiro atoms. The maximum absolute atomic E-state index is 13.5. The van der Waals surface area contributed by atoms with Crippen LogP contribution in [0.4, 0.5) is 24.5 Å². The predicted octanol–water partition coefficient (Wildman–Crippen LogP) is 4.83. The second-order valence-electron chi connectivity index (χ2n) is 7.79. The molecular weight excluding hydrogens is 419 g/mol. The second kappa shape index (κ2) is 7.84. The van der Waals surface area contributed by atoms with Crippen molar-refractivity contribution in [3.8, 4) is 6.07 Å². The molecule has 0 bridgehead atoms. The Kier molecular flexibility index (Phi) is 5.31. The van der Waals surface area contributed by atoms with Gasteiger partial charge in [0.2, 0.25) is 0 Å². The van der Waals surface area contributed by atoms with Crippen LogP contribution in [0.1, 0.15) is 36.0 Å². The van der Waals surface area contributed by atoms with Gasteiger partial charge >= 0.3 is 6.18 Å². The summed E-state index contributed by atoms with van der Waals surface area (Å²) in [7, 11) is 0. The SMILES string of the molecule is C=C1N(c2ccc(C#N)c(C(F)(F)F)c2)C(=O)C2(CCC2)N1c1ccc(/C=C/CO)cc1. The van der Waals surface area contributed by atoms with E-state index in [0.717, 1.165) is 24.1 Å². The van der Waals surface area contributed by atoms with Crippen LogP contribution in [0.2, 0.25) is 0 Å². The fraction of sp³-hybridized carbons (Fsp3) is 0.250. The van der Waals surface area contributed by atoms with E-state index in [2.05, 4.69) is 6.58 Å². The molecule has 0 aromatic heterocycles. The summed E-state index contributed by atoms with van der Waals surface area (Å²) in [6, 6.07) is 12.1. The van der Waals surface area contributed by atoms with Gasteiger partial charge in [0.15, 0.2) is 0 Å². The van der Waals surface area contributed by atoms with Crippen molar-refractivity contribution in [2.24, 2.45) is 0 Å². The maximum Gasteiger partial charge on any atom is 0.417 e. The van der Waals surface area contributed by atoms with Gasteiger partial charge in [0, 0.05) is 5.69 Å². The van der Waals surface area contributed by atoms with Crippen molar-refractivity contribution >= 4 is 23.4 Å². The van der Waals surface area contributed by atoms with Crippen molar-refractivity contribution in [2.45, 2.75) is 31.0 Å². The monoisotopic (exact) mass is 439 g/mol. The third-order valence-corrected chi connectivity index (χ3v) is 5.98. The van der Waals surface area contributed by atoms with E-state index in [-0.39, 0.29) is 24.0 Å². The molecule has 0 radical (unpaired) electrons. The Balaban J connectivity index is 1.76. The molecule has 1 heterocycles. The Hall–Kier alpha value is -3.57. The first-order valence-corrected chi connectivity index (χ1v) is 10.1. The van der Waals surface area contributed by atoms with Gasteiger partial charge in [-0.3, -0.25) is 9.69 Å². The van der Waals surface area contributed by atoms with Crippen LogP contribution in [0.3, 0.4) is 0 Å². The zero-order chi connectivity index (χ0) is 23.1. The van der Waals surface area contributed by atoms with Gasteiger partial charge < -0.3 is 10.0 Å². The highest BCUT2D eigenvalue weighted by Gasteiger charge is 2.58. The highest BCUT2D eigenvalue weighted by Crippen LogP contribution is 2.50. The summed E-state index contributed by atoms with van der Waals surface area (Å²) >= 11 is 0. The Morgan fingerprint density at radius 1 is 1.16 bits per heavy atom. The number of hydrogen-bond acceptors (Lipinski definition) is 4. The topological polar surface area (TPSA) is 67.6 Å². The van der Waals surface area contributed by atoms with Crippen LogP contribution < -0.4 is 9.80 Å². The van der Waals surface area contributed by atoms with Gasteiger partial charge in [0.1, 0.15) is 11.4 Å². The molecule has 5 nitrogen and oxygen atoms in total. The van der Waals surface area contributed by atoms with Crippen molar-refractivity contribution in [3.63, 3.8) is 0 Å². The van der Waals surface area contributed by atoms with E-state index in [0.29, 0.717) is 18.5 Å². The van der Waals surface area contributed by atoms with Gasteiger partial charge in [0.25, 0.3) is 5.91 Å². The second-order valence-corrected chi connectivity index (χ2v) is 7.79. The van der Waals surface area contributed by atoms with Gasteiger partial charge in [-0.1, -0.05) is 30.9 Å². The van der Waals surface area contributed by atoms with Crippen LogP contribution in [0.15, 0.2) is 60.9 Å². The van der Waals surface area contributed by atoms with E-state index in [1.807, 2.05) is 24.3 Å². The minimum atomic E-state index is -4.73. The lowest BCUT2D eigenvalue weighted by molar-refractivity contribution is -0.137. The minimum absolute atomic E-state index is 0.0302. The summed E-state index contributed by atoms with van der Waals surface area (Å²) in [5.41, 5.74) is -0.870. The molecule has 1 aliphatic heterocycles. The number of aliphatic hydroxyl groups is 1. The normalized spacial score (nSPS) is 17.8. The Bertz CT molecular complexity index is 1140. The van der Waals surface area contributed by atoms with E-state index >= 15 is 0 Å². The number of carbonyl (C=O) groups is 1. The molecule has 1 saturated heterocycles. The number of anilines is 2. The third kappa shape index (κ3) is 3.35.